The van der Waals surface area contributed by atoms with Gasteiger partial charge in [0, 0.05) is 6.10 Å². The van der Waals surface area contributed by atoms with E-state index in [9.17, 15) is 9.90 Å². The minimum Gasteiger partial charge on any atom is -0.478 e. The molecule has 1 N–H and O–H groups in total. The summed E-state index contributed by atoms with van der Waals surface area (Å²) in [6.45, 7) is 5.87. The third kappa shape index (κ3) is 3.11. The molecule has 1 fully saturated rings. The zero-order valence-corrected chi connectivity index (χ0v) is 11.9. The fourth-order valence-corrected chi connectivity index (χ4v) is 2.68. The fraction of sp³-hybridized carbons (Fsp3) is 0.462. The van der Waals surface area contributed by atoms with Crippen molar-refractivity contribution in [2.75, 3.05) is 0 Å². The molecular formula is C13H16BClO4. The monoisotopic (exact) mass is 282 g/mol. The quantitative estimate of drug-likeness (QED) is 0.846. The largest absolute Gasteiger partial charge is 0.495 e. The van der Waals surface area contributed by atoms with Gasteiger partial charge in [-0.25, -0.2) is 4.79 Å². The molecular weight excluding hydrogens is 266 g/mol. The summed E-state index contributed by atoms with van der Waals surface area (Å²) in [5.41, 5.74) is 0.138. The molecule has 1 saturated heterocycles. The second kappa shape index (κ2) is 5.15. The maximum Gasteiger partial charge on any atom is 0.495 e. The van der Waals surface area contributed by atoms with Gasteiger partial charge in [0.1, 0.15) is 0 Å². The highest BCUT2D eigenvalue weighted by molar-refractivity contribution is 6.63. The van der Waals surface area contributed by atoms with Gasteiger partial charge < -0.3 is 14.4 Å². The molecule has 0 bridgehead atoms. The van der Waals surface area contributed by atoms with Crippen LogP contribution in [0.15, 0.2) is 18.2 Å². The standard InChI is InChI=1S/C13H16BClO4/c1-8-7-13(2,3)19-14(18-8)9-5-4-6-10(15)11(9)12(16)17/h4-6,8H,7H2,1-3H3,(H,16,17)/t8-/m0/s1. The van der Waals surface area contributed by atoms with E-state index in [2.05, 4.69) is 0 Å². The smallest absolute Gasteiger partial charge is 0.478 e. The fourth-order valence-electron chi connectivity index (χ4n) is 2.42. The first kappa shape index (κ1) is 14.4. The Kier molecular flexibility index (Phi) is 3.90. The van der Waals surface area contributed by atoms with Crippen molar-refractivity contribution in [3.05, 3.63) is 28.8 Å². The first-order valence-corrected chi connectivity index (χ1v) is 6.53. The highest BCUT2D eigenvalue weighted by atomic mass is 35.5. The molecule has 1 heterocycles. The van der Waals surface area contributed by atoms with Crippen molar-refractivity contribution in [2.45, 2.75) is 38.9 Å². The average Bonchev–Trinajstić information content (AvgIpc) is 2.25. The molecule has 0 unspecified atom stereocenters. The number of carbonyl (C=O) groups is 1. The number of hydrogen-bond acceptors (Lipinski definition) is 3. The van der Waals surface area contributed by atoms with Crippen LogP contribution < -0.4 is 5.46 Å². The van der Waals surface area contributed by atoms with Gasteiger partial charge in [0.05, 0.1) is 16.2 Å². The molecule has 2 rings (SSSR count). The number of aromatic carboxylic acids is 1. The lowest BCUT2D eigenvalue weighted by atomic mass is 9.72. The van der Waals surface area contributed by atoms with Crippen molar-refractivity contribution in [1.82, 2.24) is 0 Å². The van der Waals surface area contributed by atoms with E-state index in [1.54, 1.807) is 18.2 Å². The normalized spacial score (nSPS) is 22.3. The molecule has 0 amide bonds. The first-order valence-electron chi connectivity index (χ1n) is 6.15. The van der Waals surface area contributed by atoms with Gasteiger partial charge in [-0.15, -0.1) is 0 Å². The van der Waals surface area contributed by atoms with Crippen LogP contribution in [0, 0.1) is 0 Å². The predicted molar refractivity (Wildman–Crippen MR) is 74.1 cm³/mol. The van der Waals surface area contributed by atoms with Gasteiger partial charge in [0.25, 0.3) is 0 Å². The van der Waals surface area contributed by atoms with E-state index in [1.165, 1.54) is 0 Å². The van der Waals surface area contributed by atoms with Crippen LogP contribution >= 0.6 is 11.6 Å². The average molecular weight is 283 g/mol. The highest BCUT2D eigenvalue weighted by Gasteiger charge is 2.40. The van der Waals surface area contributed by atoms with Gasteiger partial charge in [-0.1, -0.05) is 23.7 Å². The van der Waals surface area contributed by atoms with Crippen molar-refractivity contribution < 1.29 is 19.2 Å². The van der Waals surface area contributed by atoms with Crippen LogP contribution in [0.4, 0.5) is 0 Å². The summed E-state index contributed by atoms with van der Waals surface area (Å²) in [6.07, 6.45) is 0.751. The van der Waals surface area contributed by atoms with Gasteiger partial charge in [-0.3, -0.25) is 0 Å². The Balaban J connectivity index is 2.41. The van der Waals surface area contributed by atoms with Crippen molar-refractivity contribution in [3.63, 3.8) is 0 Å². The molecule has 1 aliphatic rings. The molecule has 0 aromatic heterocycles. The number of hydrogen-bond donors (Lipinski definition) is 1. The lowest BCUT2D eigenvalue weighted by Crippen LogP contribution is -2.53. The maximum absolute atomic E-state index is 11.3. The van der Waals surface area contributed by atoms with Crippen LogP contribution in [0.1, 0.15) is 37.6 Å². The Morgan fingerprint density at radius 2 is 2.21 bits per heavy atom. The van der Waals surface area contributed by atoms with E-state index in [-0.39, 0.29) is 22.3 Å². The van der Waals surface area contributed by atoms with Crippen LogP contribution in [0.3, 0.4) is 0 Å². The molecule has 0 aliphatic carbocycles. The summed E-state index contributed by atoms with van der Waals surface area (Å²) in [4.78, 5) is 11.3. The Hall–Kier alpha value is -1.04. The number of benzene rings is 1. The molecule has 0 spiro atoms. The van der Waals surface area contributed by atoms with Crippen LogP contribution in [-0.2, 0) is 9.31 Å². The topological polar surface area (TPSA) is 55.8 Å². The van der Waals surface area contributed by atoms with E-state index in [0.717, 1.165) is 6.42 Å². The first-order chi connectivity index (χ1) is 8.80. The summed E-state index contributed by atoms with van der Waals surface area (Å²) in [5, 5.41) is 9.47. The molecule has 0 radical (unpaired) electrons. The van der Waals surface area contributed by atoms with Crippen molar-refractivity contribution in [3.8, 4) is 0 Å². The molecule has 6 heteroatoms. The van der Waals surface area contributed by atoms with E-state index >= 15 is 0 Å². The predicted octanol–water partition coefficient (Wildman–Crippen LogP) is 2.34. The molecule has 1 aliphatic heterocycles. The van der Waals surface area contributed by atoms with E-state index < -0.39 is 13.1 Å². The summed E-state index contributed by atoms with van der Waals surface area (Å²) in [7, 11) is -0.705. The van der Waals surface area contributed by atoms with Gasteiger partial charge in [-0.2, -0.15) is 0 Å². The summed E-state index contributed by atoms with van der Waals surface area (Å²) in [5.74, 6) is -1.08. The van der Waals surface area contributed by atoms with Crippen molar-refractivity contribution >= 4 is 30.2 Å². The zero-order chi connectivity index (χ0) is 14.2. The Bertz CT molecular complexity index is 503. The SMILES string of the molecule is C[C@H]1CC(C)(C)OB(c2cccc(Cl)c2C(=O)O)O1. The lowest BCUT2D eigenvalue weighted by Gasteiger charge is -2.38. The molecule has 19 heavy (non-hydrogen) atoms. The molecule has 1 aromatic rings. The number of carboxylic acids is 1. The maximum atomic E-state index is 11.3. The lowest BCUT2D eigenvalue weighted by molar-refractivity contribution is -0.0231. The Morgan fingerprint density at radius 1 is 1.53 bits per heavy atom. The minimum absolute atomic E-state index is 0.00521. The summed E-state index contributed by atoms with van der Waals surface area (Å²) < 4.78 is 11.5. The van der Waals surface area contributed by atoms with E-state index in [0.29, 0.717) is 5.46 Å². The van der Waals surface area contributed by atoms with Crippen LogP contribution in [0.25, 0.3) is 0 Å². The molecule has 0 saturated carbocycles. The van der Waals surface area contributed by atoms with Crippen molar-refractivity contribution in [1.29, 1.82) is 0 Å². The minimum atomic E-state index is -1.08. The molecule has 1 aromatic carbocycles. The number of rotatable bonds is 2. The molecule has 4 nitrogen and oxygen atoms in total. The summed E-state index contributed by atoms with van der Waals surface area (Å²) >= 11 is 5.96. The van der Waals surface area contributed by atoms with E-state index in [4.69, 9.17) is 20.9 Å². The van der Waals surface area contributed by atoms with Gasteiger partial charge in [0.2, 0.25) is 0 Å². The van der Waals surface area contributed by atoms with Crippen LogP contribution in [-0.4, -0.2) is 29.9 Å². The van der Waals surface area contributed by atoms with Gasteiger partial charge in [0.15, 0.2) is 0 Å². The second-order valence-corrected chi connectivity index (χ2v) is 5.78. The van der Waals surface area contributed by atoms with E-state index in [1.807, 2.05) is 20.8 Å². The Morgan fingerprint density at radius 3 is 2.79 bits per heavy atom. The summed E-state index contributed by atoms with van der Waals surface area (Å²) in [6, 6.07) is 4.92. The second-order valence-electron chi connectivity index (χ2n) is 5.37. The number of halogens is 1. The molecule has 1 atom stereocenters. The van der Waals surface area contributed by atoms with Crippen molar-refractivity contribution in [2.24, 2.45) is 0 Å². The van der Waals surface area contributed by atoms with Crippen LogP contribution in [0.2, 0.25) is 5.02 Å². The van der Waals surface area contributed by atoms with Gasteiger partial charge >= 0.3 is 13.1 Å². The molecule has 102 valence electrons. The Labute approximate surface area is 117 Å². The number of carboxylic acid groups (broad SMARTS) is 1. The van der Waals surface area contributed by atoms with Gasteiger partial charge in [-0.05, 0) is 38.7 Å². The zero-order valence-electron chi connectivity index (χ0n) is 11.1. The van der Waals surface area contributed by atoms with Crippen LogP contribution in [0.5, 0.6) is 0 Å². The highest BCUT2D eigenvalue weighted by Crippen LogP contribution is 2.26. The third-order valence-electron chi connectivity index (χ3n) is 3.07. The third-order valence-corrected chi connectivity index (χ3v) is 3.39.